The molecule has 0 aliphatic heterocycles. The number of ether oxygens (including phenoxy) is 1. The predicted molar refractivity (Wildman–Crippen MR) is 72.2 cm³/mol. The summed E-state index contributed by atoms with van der Waals surface area (Å²) in [6, 6.07) is 3.65. The fourth-order valence-corrected chi connectivity index (χ4v) is 2.38. The van der Waals surface area contributed by atoms with Gasteiger partial charge in [-0.05, 0) is 31.0 Å². The first-order chi connectivity index (χ1) is 8.49. The molecule has 0 fully saturated rings. The Labute approximate surface area is 117 Å². The molecule has 18 heavy (non-hydrogen) atoms. The van der Waals surface area contributed by atoms with Gasteiger partial charge in [0.2, 0.25) is 0 Å². The molecule has 0 saturated carbocycles. The van der Waals surface area contributed by atoms with Crippen LogP contribution in [0, 0.1) is 13.8 Å². The maximum atomic E-state index is 11.6. The lowest BCUT2D eigenvalue weighted by Crippen LogP contribution is -2.08. The summed E-state index contributed by atoms with van der Waals surface area (Å²) in [7, 11) is 0. The van der Waals surface area contributed by atoms with Crippen molar-refractivity contribution in [1.29, 1.82) is 0 Å². The maximum Gasteiger partial charge on any atom is 0.283 e. The third kappa shape index (κ3) is 2.63. The van der Waals surface area contributed by atoms with Crippen LogP contribution in [0.2, 0.25) is 10.2 Å². The van der Waals surface area contributed by atoms with E-state index < -0.39 is 5.43 Å². The smallest absolute Gasteiger partial charge is 0.283 e. The summed E-state index contributed by atoms with van der Waals surface area (Å²) in [4.78, 5) is 11.6. The molecule has 0 bridgehead atoms. The van der Waals surface area contributed by atoms with Gasteiger partial charge in [0.1, 0.15) is 0 Å². The molecule has 1 aromatic carbocycles. The van der Waals surface area contributed by atoms with E-state index in [1.165, 1.54) is 0 Å². The van der Waals surface area contributed by atoms with Gasteiger partial charge in [-0.15, -0.1) is 4.37 Å². The topological polar surface area (TPSA) is 52.1 Å². The van der Waals surface area contributed by atoms with Crippen molar-refractivity contribution in [1.82, 2.24) is 8.75 Å². The van der Waals surface area contributed by atoms with Gasteiger partial charge in [0.15, 0.2) is 10.9 Å². The first kappa shape index (κ1) is 13.3. The van der Waals surface area contributed by atoms with Crippen LogP contribution < -0.4 is 10.2 Å². The van der Waals surface area contributed by atoms with Crippen LogP contribution in [0.1, 0.15) is 11.1 Å². The summed E-state index contributed by atoms with van der Waals surface area (Å²) in [5.74, 6) is 0.287. The highest BCUT2D eigenvalue weighted by Gasteiger charge is 2.13. The number of hydrogen-bond acceptors (Lipinski definition) is 5. The molecule has 0 amide bonds. The minimum absolute atomic E-state index is 0.117. The van der Waals surface area contributed by atoms with E-state index in [4.69, 9.17) is 27.9 Å². The lowest BCUT2D eigenvalue weighted by atomic mass is 10.1. The van der Waals surface area contributed by atoms with Gasteiger partial charge in [0.05, 0.1) is 16.8 Å². The predicted octanol–water partition coefficient (Wildman–Crippen LogP) is 3.61. The fourth-order valence-electron chi connectivity index (χ4n) is 1.46. The van der Waals surface area contributed by atoms with E-state index in [9.17, 15) is 4.79 Å². The molecule has 94 valence electrons. The second-order valence-electron chi connectivity index (χ2n) is 3.68. The molecule has 0 aliphatic rings. The van der Waals surface area contributed by atoms with Crippen molar-refractivity contribution >= 4 is 34.9 Å². The van der Waals surface area contributed by atoms with Crippen molar-refractivity contribution in [2.75, 3.05) is 0 Å². The Morgan fingerprint density at radius 2 is 1.94 bits per heavy atom. The summed E-state index contributed by atoms with van der Waals surface area (Å²) in [5.41, 5.74) is 1.28. The zero-order valence-corrected chi connectivity index (χ0v) is 11.9. The van der Waals surface area contributed by atoms with Crippen molar-refractivity contribution in [2.24, 2.45) is 0 Å². The number of aromatic nitrogens is 2. The van der Waals surface area contributed by atoms with Crippen LogP contribution in [0.25, 0.3) is 0 Å². The van der Waals surface area contributed by atoms with Crippen molar-refractivity contribution in [3.63, 3.8) is 0 Å². The Balaban J connectivity index is 2.47. The number of halogens is 2. The maximum absolute atomic E-state index is 11.6. The lowest BCUT2D eigenvalue weighted by Gasteiger charge is -2.09. The Kier molecular flexibility index (Phi) is 3.85. The molecule has 4 nitrogen and oxygen atoms in total. The molecule has 0 aliphatic carbocycles. The summed E-state index contributed by atoms with van der Waals surface area (Å²) in [6.45, 7) is 3.76. The molecule has 0 unspecified atom stereocenters. The third-order valence-corrected chi connectivity index (χ3v) is 3.35. The minimum Gasteiger partial charge on any atom is -0.433 e. The summed E-state index contributed by atoms with van der Waals surface area (Å²) < 4.78 is 12.8. The van der Waals surface area contributed by atoms with Gasteiger partial charge >= 0.3 is 0 Å². The Morgan fingerprint density at radius 1 is 1.22 bits per heavy atom. The molecule has 0 radical (unpaired) electrons. The van der Waals surface area contributed by atoms with E-state index in [0.29, 0.717) is 10.8 Å². The number of benzene rings is 1. The fraction of sp³-hybridized carbons (Fsp3) is 0.182. The SMILES string of the molecule is Cc1cc(C)c(Oc2nsnc(Cl)c2=O)c(Cl)c1. The number of aryl methyl sites for hydroxylation is 2. The van der Waals surface area contributed by atoms with Gasteiger partial charge in [-0.1, -0.05) is 29.3 Å². The monoisotopic (exact) mass is 302 g/mol. The molecular weight excluding hydrogens is 295 g/mol. The van der Waals surface area contributed by atoms with E-state index in [2.05, 4.69) is 8.75 Å². The molecule has 7 heteroatoms. The molecule has 0 N–H and O–H groups in total. The van der Waals surface area contributed by atoms with Gasteiger partial charge in [0.25, 0.3) is 11.3 Å². The molecule has 1 aromatic heterocycles. The molecule has 0 saturated heterocycles. The molecule has 2 aromatic rings. The highest BCUT2D eigenvalue weighted by molar-refractivity contribution is 6.99. The van der Waals surface area contributed by atoms with Crippen LogP contribution in [-0.2, 0) is 0 Å². The van der Waals surface area contributed by atoms with Crippen molar-refractivity contribution in [3.05, 3.63) is 43.7 Å². The number of rotatable bonds is 2. The second kappa shape index (κ2) is 5.22. The number of hydrogen-bond donors (Lipinski definition) is 0. The number of nitrogens with zero attached hydrogens (tertiary/aromatic N) is 2. The van der Waals surface area contributed by atoms with Crippen LogP contribution in [0.4, 0.5) is 0 Å². The van der Waals surface area contributed by atoms with Gasteiger partial charge in [-0.25, -0.2) is 0 Å². The van der Waals surface area contributed by atoms with Crippen molar-refractivity contribution in [3.8, 4) is 11.6 Å². The van der Waals surface area contributed by atoms with E-state index in [0.717, 1.165) is 22.9 Å². The zero-order valence-electron chi connectivity index (χ0n) is 9.53. The summed E-state index contributed by atoms with van der Waals surface area (Å²) in [5, 5.41) is 0.262. The summed E-state index contributed by atoms with van der Waals surface area (Å²) >= 11 is 12.5. The van der Waals surface area contributed by atoms with Crippen molar-refractivity contribution in [2.45, 2.75) is 13.8 Å². The highest BCUT2D eigenvalue weighted by Crippen LogP contribution is 2.32. The third-order valence-electron chi connectivity index (χ3n) is 2.20. The van der Waals surface area contributed by atoms with Crippen LogP contribution >= 0.6 is 34.9 Å². The Bertz CT molecular complexity index is 635. The van der Waals surface area contributed by atoms with Crippen LogP contribution in [0.5, 0.6) is 11.6 Å². The molecule has 1 heterocycles. The van der Waals surface area contributed by atoms with Gasteiger partial charge < -0.3 is 4.74 Å². The minimum atomic E-state index is -0.550. The standard InChI is InChI=1S/C11H8Cl2N2O2S/c1-5-3-6(2)9(7(12)4-5)17-11-8(16)10(13)14-18-15-11/h3-4H,1-2H3. The lowest BCUT2D eigenvalue weighted by molar-refractivity contribution is 0.459. The largest absolute Gasteiger partial charge is 0.433 e. The zero-order chi connectivity index (χ0) is 13.3. The normalized spacial score (nSPS) is 10.4. The molecule has 2 rings (SSSR count). The molecular formula is C11H8Cl2N2O2S. The van der Waals surface area contributed by atoms with Crippen LogP contribution in [-0.4, -0.2) is 8.75 Å². The second-order valence-corrected chi connectivity index (χ2v) is 4.98. The van der Waals surface area contributed by atoms with Crippen LogP contribution in [0.3, 0.4) is 0 Å². The average molecular weight is 303 g/mol. The van der Waals surface area contributed by atoms with Crippen LogP contribution in [0.15, 0.2) is 16.9 Å². The first-order valence-electron chi connectivity index (χ1n) is 4.96. The molecule has 0 spiro atoms. The Morgan fingerprint density at radius 3 is 2.61 bits per heavy atom. The van der Waals surface area contributed by atoms with Gasteiger partial charge in [-0.2, -0.15) is 4.37 Å². The average Bonchev–Trinajstić information content (AvgIpc) is 2.28. The highest BCUT2D eigenvalue weighted by atomic mass is 35.5. The Hall–Kier alpha value is -1.17. The first-order valence-corrected chi connectivity index (χ1v) is 6.44. The van der Waals surface area contributed by atoms with E-state index in [1.807, 2.05) is 19.9 Å². The summed E-state index contributed by atoms with van der Waals surface area (Å²) in [6.07, 6.45) is 0. The quantitative estimate of drug-likeness (QED) is 0.850. The van der Waals surface area contributed by atoms with E-state index in [-0.39, 0.29) is 11.0 Å². The van der Waals surface area contributed by atoms with Crippen molar-refractivity contribution < 1.29 is 4.74 Å². The van der Waals surface area contributed by atoms with Gasteiger partial charge in [-0.3, -0.25) is 4.79 Å². The van der Waals surface area contributed by atoms with E-state index in [1.54, 1.807) is 6.07 Å². The molecule has 0 atom stereocenters. The van der Waals surface area contributed by atoms with Gasteiger partial charge in [0, 0.05) is 0 Å². The van der Waals surface area contributed by atoms with E-state index >= 15 is 0 Å².